The monoisotopic (exact) mass is 294 g/mol. The maximum atomic E-state index is 10.6. The highest BCUT2D eigenvalue weighted by Gasteiger charge is 2.21. The van der Waals surface area contributed by atoms with Gasteiger partial charge in [-0.25, -0.2) is 0 Å². The zero-order chi connectivity index (χ0) is 15.2. The molecule has 2 atom stereocenters. The van der Waals surface area contributed by atoms with Gasteiger partial charge in [0.25, 0.3) is 0 Å². The average Bonchev–Trinajstić information content (AvgIpc) is 2.54. The fourth-order valence-electron chi connectivity index (χ4n) is 2.77. The van der Waals surface area contributed by atoms with Crippen LogP contribution in [-0.4, -0.2) is 56.9 Å². The van der Waals surface area contributed by atoms with Crippen molar-refractivity contribution >= 4 is 0 Å². The first-order valence-electron chi connectivity index (χ1n) is 7.48. The van der Waals surface area contributed by atoms with Crippen LogP contribution in [0.1, 0.15) is 18.6 Å². The molecule has 1 aromatic rings. The van der Waals surface area contributed by atoms with Gasteiger partial charge in [0.15, 0.2) is 11.5 Å². The van der Waals surface area contributed by atoms with Gasteiger partial charge in [0, 0.05) is 32.7 Å². The van der Waals surface area contributed by atoms with Gasteiger partial charge >= 0.3 is 0 Å². The summed E-state index contributed by atoms with van der Waals surface area (Å²) in [6, 6.07) is 5.60. The van der Waals surface area contributed by atoms with Gasteiger partial charge in [-0.3, -0.25) is 0 Å². The molecule has 0 aliphatic carbocycles. The predicted molar refractivity (Wildman–Crippen MR) is 83.0 cm³/mol. The molecular formula is C16H26N2O3. The number of ether oxygens (including phenoxy) is 2. The molecule has 118 valence electrons. The van der Waals surface area contributed by atoms with E-state index in [4.69, 9.17) is 9.47 Å². The first kappa shape index (κ1) is 16.1. The molecule has 1 aliphatic heterocycles. The number of hydrogen-bond donors (Lipinski definition) is 2. The van der Waals surface area contributed by atoms with Crippen LogP contribution in [0.3, 0.4) is 0 Å². The number of methoxy groups -OCH3 is 2. The molecule has 1 aliphatic rings. The van der Waals surface area contributed by atoms with Gasteiger partial charge in [-0.05, 0) is 23.6 Å². The molecule has 2 N–H and O–H groups in total. The number of nitrogens with zero attached hydrogens (tertiary/aromatic N) is 1. The molecule has 1 aromatic carbocycles. The van der Waals surface area contributed by atoms with Crippen molar-refractivity contribution in [2.24, 2.45) is 5.92 Å². The maximum absolute atomic E-state index is 10.6. The Morgan fingerprint density at radius 1 is 1.19 bits per heavy atom. The second kappa shape index (κ2) is 7.64. The topological polar surface area (TPSA) is 54.0 Å². The predicted octanol–water partition coefficient (Wildman–Crippen LogP) is 1.28. The van der Waals surface area contributed by atoms with Crippen molar-refractivity contribution in [3.05, 3.63) is 23.8 Å². The lowest BCUT2D eigenvalue weighted by Crippen LogP contribution is -2.45. The number of nitrogens with one attached hydrogen (secondary N) is 1. The average molecular weight is 294 g/mol. The van der Waals surface area contributed by atoms with E-state index < -0.39 is 6.10 Å². The fourth-order valence-corrected chi connectivity index (χ4v) is 2.77. The van der Waals surface area contributed by atoms with Gasteiger partial charge in [0.05, 0.1) is 20.3 Å². The van der Waals surface area contributed by atoms with E-state index >= 15 is 0 Å². The molecule has 2 unspecified atom stereocenters. The number of rotatable bonds is 6. The van der Waals surface area contributed by atoms with E-state index in [-0.39, 0.29) is 5.92 Å². The molecule has 0 amide bonds. The minimum atomic E-state index is -0.500. The van der Waals surface area contributed by atoms with Crippen molar-refractivity contribution in [2.45, 2.75) is 13.0 Å². The molecule has 5 nitrogen and oxygen atoms in total. The van der Waals surface area contributed by atoms with Crippen LogP contribution in [-0.2, 0) is 0 Å². The first-order valence-corrected chi connectivity index (χ1v) is 7.48. The number of aliphatic hydroxyl groups excluding tert-OH is 1. The molecule has 1 saturated heterocycles. The molecule has 0 radical (unpaired) electrons. The second-order valence-electron chi connectivity index (χ2n) is 5.59. The molecule has 2 rings (SSSR count). The highest BCUT2D eigenvalue weighted by molar-refractivity contribution is 5.43. The lowest BCUT2D eigenvalue weighted by atomic mass is 9.96. The number of benzene rings is 1. The van der Waals surface area contributed by atoms with E-state index in [2.05, 4.69) is 17.1 Å². The molecule has 0 saturated carbocycles. The van der Waals surface area contributed by atoms with E-state index in [9.17, 15) is 5.11 Å². The highest BCUT2D eigenvalue weighted by Crippen LogP contribution is 2.32. The van der Waals surface area contributed by atoms with Gasteiger partial charge < -0.3 is 24.8 Å². The second-order valence-corrected chi connectivity index (χ2v) is 5.59. The van der Waals surface area contributed by atoms with Crippen molar-refractivity contribution in [3.8, 4) is 11.5 Å². The molecule has 5 heteroatoms. The van der Waals surface area contributed by atoms with Crippen LogP contribution in [0.25, 0.3) is 0 Å². The normalized spacial score (nSPS) is 19.0. The minimum absolute atomic E-state index is 0.168. The summed E-state index contributed by atoms with van der Waals surface area (Å²) in [6.07, 6.45) is -0.500. The number of piperazine rings is 1. The smallest absolute Gasteiger partial charge is 0.161 e. The largest absolute Gasteiger partial charge is 0.493 e. The summed E-state index contributed by atoms with van der Waals surface area (Å²) in [5.74, 6) is 1.51. The number of aliphatic hydroxyl groups is 1. The van der Waals surface area contributed by atoms with Crippen LogP contribution in [0.2, 0.25) is 0 Å². The Hall–Kier alpha value is -1.30. The van der Waals surface area contributed by atoms with Gasteiger partial charge in [0.1, 0.15) is 0 Å². The zero-order valence-electron chi connectivity index (χ0n) is 13.1. The van der Waals surface area contributed by atoms with E-state index in [1.54, 1.807) is 14.2 Å². The van der Waals surface area contributed by atoms with Crippen molar-refractivity contribution in [2.75, 3.05) is 46.9 Å². The Kier molecular flexibility index (Phi) is 5.85. The molecule has 0 spiro atoms. The van der Waals surface area contributed by atoms with Gasteiger partial charge in [-0.1, -0.05) is 13.0 Å². The summed E-state index contributed by atoms with van der Waals surface area (Å²) < 4.78 is 10.5. The SMILES string of the molecule is COc1ccc(C(O)C(C)CN2CCNCC2)cc1OC. The van der Waals surface area contributed by atoms with E-state index in [1.165, 1.54) is 0 Å². The van der Waals surface area contributed by atoms with Crippen molar-refractivity contribution in [3.63, 3.8) is 0 Å². The van der Waals surface area contributed by atoms with Crippen LogP contribution in [0.4, 0.5) is 0 Å². The molecule has 1 heterocycles. The first-order chi connectivity index (χ1) is 10.2. The third-order valence-electron chi connectivity index (χ3n) is 4.04. The molecule has 21 heavy (non-hydrogen) atoms. The molecular weight excluding hydrogens is 268 g/mol. The van der Waals surface area contributed by atoms with E-state index in [0.29, 0.717) is 11.5 Å². The summed E-state index contributed by atoms with van der Waals surface area (Å²) in [4.78, 5) is 2.39. The summed E-state index contributed by atoms with van der Waals surface area (Å²) in [6.45, 7) is 7.13. The lowest BCUT2D eigenvalue weighted by molar-refractivity contribution is 0.0840. The molecule has 0 bridgehead atoms. The van der Waals surface area contributed by atoms with Crippen molar-refractivity contribution in [1.82, 2.24) is 10.2 Å². The van der Waals surface area contributed by atoms with Gasteiger partial charge in [-0.2, -0.15) is 0 Å². The molecule has 0 aromatic heterocycles. The lowest BCUT2D eigenvalue weighted by Gasteiger charge is -2.31. The summed E-state index contributed by atoms with van der Waals surface area (Å²) in [5, 5.41) is 13.9. The van der Waals surface area contributed by atoms with E-state index in [1.807, 2.05) is 18.2 Å². The van der Waals surface area contributed by atoms with Crippen LogP contribution in [0, 0.1) is 5.92 Å². The van der Waals surface area contributed by atoms with Crippen LogP contribution in [0.15, 0.2) is 18.2 Å². The quantitative estimate of drug-likeness (QED) is 0.828. The Bertz CT molecular complexity index is 447. The number of hydrogen-bond acceptors (Lipinski definition) is 5. The van der Waals surface area contributed by atoms with E-state index in [0.717, 1.165) is 38.3 Å². The van der Waals surface area contributed by atoms with Crippen molar-refractivity contribution < 1.29 is 14.6 Å². The molecule has 1 fully saturated rings. The Morgan fingerprint density at radius 3 is 2.48 bits per heavy atom. The van der Waals surface area contributed by atoms with Crippen molar-refractivity contribution in [1.29, 1.82) is 0 Å². The third kappa shape index (κ3) is 4.09. The van der Waals surface area contributed by atoms with Crippen LogP contribution in [0.5, 0.6) is 11.5 Å². The summed E-state index contributed by atoms with van der Waals surface area (Å²) in [5.41, 5.74) is 0.871. The summed E-state index contributed by atoms with van der Waals surface area (Å²) in [7, 11) is 3.22. The Morgan fingerprint density at radius 2 is 1.86 bits per heavy atom. The van der Waals surface area contributed by atoms with Gasteiger partial charge in [-0.15, -0.1) is 0 Å². The van der Waals surface area contributed by atoms with Crippen LogP contribution >= 0.6 is 0 Å². The standard InChI is InChI=1S/C16H26N2O3/c1-12(11-18-8-6-17-7-9-18)16(19)13-4-5-14(20-2)15(10-13)21-3/h4-5,10,12,16-17,19H,6-9,11H2,1-3H3. The Labute approximate surface area is 126 Å². The Balaban J connectivity index is 2.02. The third-order valence-corrected chi connectivity index (χ3v) is 4.04. The summed E-state index contributed by atoms with van der Waals surface area (Å²) >= 11 is 0. The van der Waals surface area contributed by atoms with Gasteiger partial charge in [0.2, 0.25) is 0 Å². The maximum Gasteiger partial charge on any atom is 0.161 e. The minimum Gasteiger partial charge on any atom is -0.493 e. The fraction of sp³-hybridized carbons (Fsp3) is 0.625. The zero-order valence-corrected chi connectivity index (χ0v) is 13.1. The highest BCUT2D eigenvalue weighted by atomic mass is 16.5. The van der Waals surface area contributed by atoms with Crippen LogP contribution < -0.4 is 14.8 Å².